The first kappa shape index (κ1) is 21.8. The molecule has 3 fully saturated rings. The van der Waals surface area contributed by atoms with E-state index in [-0.39, 0.29) is 5.60 Å². The van der Waals surface area contributed by atoms with Gasteiger partial charge in [-0.2, -0.15) is 13.2 Å². The van der Waals surface area contributed by atoms with Crippen LogP contribution in [-0.4, -0.2) is 70.1 Å². The molecule has 1 saturated carbocycles. The molecule has 3 aliphatic rings. The van der Waals surface area contributed by atoms with Crippen molar-refractivity contribution in [2.45, 2.75) is 56.3 Å². The highest BCUT2D eigenvalue weighted by Crippen LogP contribution is 2.41. The summed E-state index contributed by atoms with van der Waals surface area (Å²) < 4.78 is 43.6. The largest absolute Gasteiger partial charge is 0.490 e. The minimum Gasteiger partial charge on any atom is -0.477 e. The molecule has 2 saturated heterocycles. The van der Waals surface area contributed by atoms with Gasteiger partial charge in [-0.3, -0.25) is 9.88 Å². The molecular weight excluding hydrogens is 391 g/mol. The van der Waals surface area contributed by atoms with Gasteiger partial charge in [0.2, 0.25) is 5.88 Å². The molecule has 3 heterocycles. The lowest BCUT2D eigenvalue weighted by atomic mass is 9.76. The lowest BCUT2D eigenvalue weighted by molar-refractivity contribution is -0.195. The van der Waals surface area contributed by atoms with E-state index in [9.17, 15) is 13.2 Å². The Labute approximate surface area is 167 Å². The molecule has 162 valence electrons. The monoisotopic (exact) mass is 417 g/mol. The van der Waals surface area contributed by atoms with Gasteiger partial charge in [-0.05, 0) is 38.0 Å². The molecular formula is C19H26F3N3O4. The molecule has 7 nitrogen and oxygen atoms in total. The van der Waals surface area contributed by atoms with Gasteiger partial charge in [-0.15, -0.1) is 0 Å². The van der Waals surface area contributed by atoms with Crippen molar-refractivity contribution in [2.75, 3.05) is 26.3 Å². The quantitative estimate of drug-likeness (QED) is 0.789. The maximum atomic E-state index is 10.6. The number of likely N-dealkylation sites (tertiary alicyclic amines) is 1. The molecule has 1 aliphatic carbocycles. The summed E-state index contributed by atoms with van der Waals surface area (Å²) in [6.07, 6.45) is 7.57. The van der Waals surface area contributed by atoms with E-state index in [0.29, 0.717) is 11.8 Å². The molecule has 1 atom stereocenters. The van der Waals surface area contributed by atoms with E-state index in [1.807, 2.05) is 0 Å². The van der Waals surface area contributed by atoms with Gasteiger partial charge in [-0.25, -0.2) is 9.78 Å². The number of aliphatic carboxylic acids is 1. The average Bonchev–Trinajstić information content (AvgIpc) is 2.60. The second kappa shape index (κ2) is 9.25. The van der Waals surface area contributed by atoms with Crippen LogP contribution in [0, 0.1) is 5.92 Å². The Hall–Kier alpha value is -1.94. The standard InChI is InChI=1S/C17H25N3O2.C2HF3O2/c1-2-15(3-1)20-12-17(13-20)10-14(5-9-22-17)4-8-21-16-11-18-6-7-19-16;3-2(4,5)1(6)7/h6-7,11,14-15H,1-5,8-10,12-13H2;(H,6,7). The number of hydrogen-bond donors (Lipinski definition) is 1. The summed E-state index contributed by atoms with van der Waals surface area (Å²) in [6, 6.07) is 0.856. The van der Waals surface area contributed by atoms with E-state index in [2.05, 4.69) is 14.9 Å². The van der Waals surface area contributed by atoms with Crippen molar-refractivity contribution in [1.29, 1.82) is 0 Å². The Bertz CT molecular complexity index is 664. The molecule has 0 amide bonds. The van der Waals surface area contributed by atoms with Crippen LogP contribution in [0.2, 0.25) is 0 Å². The van der Waals surface area contributed by atoms with Crippen molar-refractivity contribution in [3.63, 3.8) is 0 Å². The highest BCUT2D eigenvalue weighted by atomic mass is 19.4. The Kier molecular flexibility index (Phi) is 6.94. The van der Waals surface area contributed by atoms with Crippen molar-refractivity contribution in [1.82, 2.24) is 14.9 Å². The zero-order chi connectivity index (χ0) is 20.9. The fraction of sp³-hybridized carbons (Fsp3) is 0.737. The average molecular weight is 417 g/mol. The molecule has 1 aromatic heterocycles. The summed E-state index contributed by atoms with van der Waals surface area (Å²) in [5.74, 6) is -1.41. The van der Waals surface area contributed by atoms with Crippen LogP contribution >= 0.6 is 0 Å². The number of nitrogens with zero attached hydrogens (tertiary/aromatic N) is 3. The van der Waals surface area contributed by atoms with E-state index >= 15 is 0 Å². The Morgan fingerprint density at radius 2 is 2.03 bits per heavy atom. The SMILES string of the molecule is O=C(O)C(F)(F)F.c1cnc(OCCC2CCOC3(C2)CN(C2CCC2)C3)cn1. The fourth-order valence-electron chi connectivity index (χ4n) is 3.99. The third kappa shape index (κ3) is 6.02. The molecule has 2 aliphatic heterocycles. The minimum absolute atomic E-state index is 0.158. The van der Waals surface area contributed by atoms with Gasteiger partial charge >= 0.3 is 12.1 Å². The smallest absolute Gasteiger partial charge is 0.477 e. The van der Waals surface area contributed by atoms with Crippen LogP contribution < -0.4 is 4.74 Å². The van der Waals surface area contributed by atoms with Crippen molar-refractivity contribution >= 4 is 5.97 Å². The maximum Gasteiger partial charge on any atom is 0.490 e. The molecule has 0 radical (unpaired) electrons. The normalized spacial score (nSPS) is 24.0. The summed E-state index contributed by atoms with van der Waals surface area (Å²) in [5.41, 5.74) is 0.158. The maximum absolute atomic E-state index is 10.6. The zero-order valence-corrected chi connectivity index (χ0v) is 16.1. The molecule has 1 aromatic rings. The van der Waals surface area contributed by atoms with Gasteiger partial charge in [0.25, 0.3) is 0 Å². The van der Waals surface area contributed by atoms with Gasteiger partial charge < -0.3 is 14.6 Å². The van der Waals surface area contributed by atoms with Crippen molar-refractivity contribution in [3.8, 4) is 5.88 Å². The highest BCUT2D eigenvalue weighted by Gasteiger charge is 2.49. The first-order chi connectivity index (χ1) is 13.8. The summed E-state index contributed by atoms with van der Waals surface area (Å²) in [6.45, 7) is 3.94. The van der Waals surface area contributed by atoms with E-state index in [0.717, 1.165) is 45.2 Å². The molecule has 4 rings (SSSR count). The van der Waals surface area contributed by atoms with Gasteiger partial charge in [-0.1, -0.05) is 6.42 Å². The molecule has 1 N–H and O–H groups in total. The lowest BCUT2D eigenvalue weighted by Crippen LogP contribution is -2.68. The van der Waals surface area contributed by atoms with E-state index < -0.39 is 12.1 Å². The van der Waals surface area contributed by atoms with Gasteiger partial charge in [0, 0.05) is 38.1 Å². The predicted octanol–water partition coefficient (Wildman–Crippen LogP) is 2.91. The topological polar surface area (TPSA) is 84.8 Å². The number of hydrogen-bond acceptors (Lipinski definition) is 6. The molecule has 0 aromatic carbocycles. The van der Waals surface area contributed by atoms with Crippen molar-refractivity contribution < 1.29 is 32.5 Å². The Balaban J connectivity index is 0.000000298. The number of carboxylic acid groups (broad SMARTS) is 1. The Morgan fingerprint density at radius 3 is 2.59 bits per heavy atom. The predicted molar refractivity (Wildman–Crippen MR) is 96.5 cm³/mol. The molecule has 29 heavy (non-hydrogen) atoms. The van der Waals surface area contributed by atoms with Crippen LogP contribution in [0.3, 0.4) is 0 Å². The number of carbonyl (C=O) groups is 1. The van der Waals surface area contributed by atoms with E-state index in [1.54, 1.807) is 18.6 Å². The van der Waals surface area contributed by atoms with E-state index in [1.165, 1.54) is 25.7 Å². The van der Waals surface area contributed by atoms with Crippen LogP contribution in [0.1, 0.15) is 38.5 Å². The lowest BCUT2D eigenvalue weighted by Gasteiger charge is -2.57. The van der Waals surface area contributed by atoms with Crippen LogP contribution in [-0.2, 0) is 9.53 Å². The van der Waals surface area contributed by atoms with Crippen LogP contribution in [0.15, 0.2) is 18.6 Å². The van der Waals surface area contributed by atoms with Gasteiger partial charge in [0.1, 0.15) is 0 Å². The van der Waals surface area contributed by atoms with Crippen LogP contribution in [0.5, 0.6) is 5.88 Å². The number of ether oxygens (including phenoxy) is 2. The third-order valence-corrected chi connectivity index (χ3v) is 5.73. The van der Waals surface area contributed by atoms with Gasteiger partial charge in [0.15, 0.2) is 0 Å². The second-order valence-electron chi connectivity index (χ2n) is 7.86. The Morgan fingerprint density at radius 1 is 1.31 bits per heavy atom. The molecule has 1 spiro atoms. The van der Waals surface area contributed by atoms with Crippen molar-refractivity contribution in [2.24, 2.45) is 5.92 Å². The fourth-order valence-corrected chi connectivity index (χ4v) is 3.99. The summed E-state index contributed by atoms with van der Waals surface area (Å²) >= 11 is 0. The molecule has 10 heteroatoms. The second-order valence-corrected chi connectivity index (χ2v) is 7.86. The summed E-state index contributed by atoms with van der Waals surface area (Å²) in [4.78, 5) is 19.7. The molecule has 0 bridgehead atoms. The number of aromatic nitrogens is 2. The summed E-state index contributed by atoms with van der Waals surface area (Å²) in [7, 11) is 0. The number of alkyl halides is 3. The van der Waals surface area contributed by atoms with Gasteiger partial charge in [0.05, 0.1) is 18.4 Å². The van der Waals surface area contributed by atoms with Crippen LogP contribution in [0.4, 0.5) is 13.2 Å². The first-order valence-electron chi connectivity index (χ1n) is 9.84. The molecule has 1 unspecified atom stereocenters. The zero-order valence-electron chi connectivity index (χ0n) is 16.1. The number of halogens is 3. The highest BCUT2D eigenvalue weighted by molar-refractivity contribution is 5.73. The minimum atomic E-state index is -5.08. The third-order valence-electron chi connectivity index (χ3n) is 5.73. The van der Waals surface area contributed by atoms with Crippen LogP contribution in [0.25, 0.3) is 0 Å². The number of rotatable bonds is 5. The number of carboxylic acids is 1. The van der Waals surface area contributed by atoms with E-state index in [4.69, 9.17) is 19.4 Å². The summed E-state index contributed by atoms with van der Waals surface area (Å²) in [5, 5.41) is 7.12. The van der Waals surface area contributed by atoms with Crippen molar-refractivity contribution in [3.05, 3.63) is 18.6 Å². The first-order valence-corrected chi connectivity index (χ1v) is 9.84.